The van der Waals surface area contributed by atoms with Crippen LogP contribution in [0.3, 0.4) is 0 Å². The van der Waals surface area contributed by atoms with Crippen molar-refractivity contribution in [2.45, 2.75) is 24.2 Å². The van der Waals surface area contributed by atoms with E-state index in [2.05, 4.69) is 307 Å². The second-order valence-electron chi connectivity index (χ2n) is 21.0. The molecule has 13 aromatic rings. The van der Waals surface area contributed by atoms with Crippen molar-refractivity contribution in [1.29, 1.82) is 0 Å². The predicted molar refractivity (Wildman–Crippen MR) is 328 cm³/mol. The molecule has 368 valence electrons. The van der Waals surface area contributed by atoms with Crippen molar-refractivity contribution >= 4 is 66.4 Å². The summed E-state index contributed by atoms with van der Waals surface area (Å²) in [7, 11) is 0. The van der Waals surface area contributed by atoms with Crippen molar-refractivity contribution in [3.8, 4) is 22.3 Å². The van der Waals surface area contributed by atoms with Crippen LogP contribution in [-0.4, -0.2) is 0 Å². The molecule has 0 saturated heterocycles. The zero-order valence-electron chi connectivity index (χ0n) is 43.2. The lowest BCUT2D eigenvalue weighted by Crippen LogP contribution is -2.26. The van der Waals surface area contributed by atoms with Gasteiger partial charge in [-0.15, -0.1) is 0 Å². The van der Waals surface area contributed by atoms with Gasteiger partial charge in [0, 0.05) is 39.2 Å². The molecule has 13 aromatic carbocycles. The second-order valence-corrected chi connectivity index (χ2v) is 21.0. The van der Waals surface area contributed by atoms with E-state index in [1.807, 2.05) is 0 Å². The van der Waals surface area contributed by atoms with E-state index < -0.39 is 5.41 Å². The number of benzene rings is 13. The van der Waals surface area contributed by atoms with Crippen molar-refractivity contribution in [1.82, 2.24) is 0 Å². The molecule has 1 unspecified atom stereocenters. The first-order chi connectivity index (χ1) is 38.7. The summed E-state index contributed by atoms with van der Waals surface area (Å²) >= 11 is 0. The van der Waals surface area contributed by atoms with E-state index in [1.165, 1.54) is 93.5 Å². The highest BCUT2D eigenvalue weighted by atomic mass is 15.2. The Labute approximate surface area is 456 Å². The molecular formula is C76H54N2. The number of fused-ring (bicyclic) bond motifs is 13. The van der Waals surface area contributed by atoms with Crippen LogP contribution >= 0.6 is 0 Å². The highest BCUT2D eigenvalue weighted by molar-refractivity contribution is 6.08. The van der Waals surface area contributed by atoms with Gasteiger partial charge >= 0.3 is 0 Å². The third-order valence-electron chi connectivity index (χ3n) is 16.9. The largest absolute Gasteiger partial charge is 0.309 e. The minimum atomic E-state index is -0.657. The Balaban J connectivity index is 0.990. The molecule has 1 spiro atoms. The summed E-state index contributed by atoms with van der Waals surface area (Å²) < 4.78 is 0. The molecule has 15 rings (SSSR count). The Bertz CT molecular complexity index is 4380. The lowest BCUT2D eigenvalue weighted by Gasteiger charge is -2.33. The first-order valence-corrected chi connectivity index (χ1v) is 27.4. The van der Waals surface area contributed by atoms with Crippen LogP contribution in [0.25, 0.3) is 54.6 Å². The quantitative estimate of drug-likeness (QED) is 0.127. The van der Waals surface area contributed by atoms with Gasteiger partial charge in [-0.2, -0.15) is 0 Å². The molecule has 0 heterocycles. The highest BCUT2D eigenvalue weighted by Crippen LogP contribution is 2.67. The topological polar surface area (TPSA) is 6.48 Å². The lowest BCUT2D eigenvalue weighted by atomic mass is 9.70. The molecule has 2 atom stereocenters. The van der Waals surface area contributed by atoms with E-state index in [1.54, 1.807) is 0 Å². The zero-order valence-corrected chi connectivity index (χ0v) is 43.2. The Kier molecular flexibility index (Phi) is 11.0. The van der Waals surface area contributed by atoms with Gasteiger partial charge in [0.2, 0.25) is 0 Å². The molecule has 2 heteroatoms. The van der Waals surface area contributed by atoms with Gasteiger partial charge in [0.25, 0.3) is 0 Å². The maximum Gasteiger partial charge on any atom is 0.0727 e. The van der Waals surface area contributed by atoms with E-state index in [0.29, 0.717) is 0 Å². The van der Waals surface area contributed by atoms with Crippen molar-refractivity contribution in [3.63, 3.8) is 0 Å². The Morgan fingerprint density at radius 3 is 1.32 bits per heavy atom. The molecule has 78 heavy (non-hydrogen) atoms. The van der Waals surface area contributed by atoms with Crippen molar-refractivity contribution < 1.29 is 0 Å². The summed E-state index contributed by atoms with van der Waals surface area (Å²) in [5, 5.41) is 7.44. The molecule has 2 aliphatic carbocycles. The lowest BCUT2D eigenvalue weighted by molar-refractivity contribution is 0.717. The van der Waals surface area contributed by atoms with E-state index in [9.17, 15) is 0 Å². The van der Waals surface area contributed by atoms with Gasteiger partial charge in [0.1, 0.15) is 0 Å². The van der Waals surface area contributed by atoms with Crippen LogP contribution in [0.15, 0.2) is 297 Å². The van der Waals surface area contributed by atoms with Gasteiger partial charge in [0.15, 0.2) is 0 Å². The molecule has 0 bridgehead atoms. The second kappa shape index (κ2) is 18.8. The van der Waals surface area contributed by atoms with Crippen LogP contribution in [0.4, 0.5) is 34.1 Å². The standard InChI is InChI=1S/C76H54N2/c1-4-23-53(24-5-1)60(63-39-18-28-54-25-10-13-35-59(54)63)49-47-52-48-50-65-69(51-52)76(68-42-22-46-73(75(65)68)78(58-33-8-3-9-34-58)71-44-20-30-56-27-12-15-37-62(56)71)66-40-17-16-38-64(66)74-67(76)41-21-45-72(74)77(57-31-6-2-7-32-57)70-43-19-29-55-26-11-14-36-61(55)70/h1-46,48,50-51,60H,47,49H2/t60-,76?/m0/s1. The van der Waals surface area contributed by atoms with Crippen molar-refractivity contribution in [3.05, 3.63) is 336 Å². The average molecular weight is 995 g/mol. The zero-order chi connectivity index (χ0) is 51.6. The molecule has 0 aromatic heterocycles. The molecule has 0 aliphatic heterocycles. The van der Waals surface area contributed by atoms with Crippen molar-refractivity contribution in [2.24, 2.45) is 0 Å². The van der Waals surface area contributed by atoms with Crippen LogP contribution in [0.2, 0.25) is 0 Å². The Morgan fingerprint density at radius 2 is 0.731 bits per heavy atom. The number of nitrogens with zero attached hydrogens (tertiary/aromatic N) is 2. The normalized spacial score (nSPS) is 14.3. The minimum absolute atomic E-state index is 0.206. The first-order valence-electron chi connectivity index (χ1n) is 27.4. The maximum absolute atomic E-state index is 2.60. The fourth-order valence-corrected chi connectivity index (χ4v) is 13.6. The third-order valence-corrected chi connectivity index (χ3v) is 16.9. The first kappa shape index (κ1) is 45.6. The fraction of sp³-hybridized carbons (Fsp3) is 0.0526. The molecule has 0 radical (unpaired) electrons. The summed E-state index contributed by atoms with van der Waals surface area (Å²) in [6, 6.07) is 111. The smallest absolute Gasteiger partial charge is 0.0727 e. The third kappa shape index (κ3) is 7.17. The predicted octanol–water partition coefficient (Wildman–Crippen LogP) is 20.2. The van der Waals surface area contributed by atoms with E-state index in [4.69, 9.17) is 0 Å². The summed E-state index contributed by atoms with van der Waals surface area (Å²) in [5.41, 5.74) is 20.5. The van der Waals surface area contributed by atoms with Gasteiger partial charge in [-0.3, -0.25) is 0 Å². The molecule has 0 saturated carbocycles. The highest BCUT2D eigenvalue weighted by Gasteiger charge is 2.53. The molecule has 2 nitrogen and oxygen atoms in total. The van der Waals surface area contributed by atoms with Crippen LogP contribution in [-0.2, 0) is 11.8 Å². The number of rotatable bonds is 11. The summed E-state index contributed by atoms with van der Waals surface area (Å²) in [5.74, 6) is 0.206. The number of hydrogen-bond acceptors (Lipinski definition) is 2. The fourth-order valence-electron chi connectivity index (χ4n) is 13.6. The molecule has 0 amide bonds. The summed E-state index contributed by atoms with van der Waals surface area (Å²) in [6.07, 6.45) is 1.86. The summed E-state index contributed by atoms with van der Waals surface area (Å²) in [4.78, 5) is 5.03. The van der Waals surface area contributed by atoms with E-state index in [0.717, 1.165) is 47.0 Å². The Hall–Kier alpha value is -9.76. The van der Waals surface area contributed by atoms with Crippen LogP contribution in [0.1, 0.15) is 51.3 Å². The number of hydrogen-bond donors (Lipinski definition) is 0. The van der Waals surface area contributed by atoms with Crippen molar-refractivity contribution in [2.75, 3.05) is 9.80 Å². The SMILES string of the molecule is c1ccc([C@H](CCc2ccc3c(c2)C2(c4ccccc4-c4c(N(c5ccccc5)c5cccc6ccccc56)cccc42)c2cccc(N(c4ccccc4)c4cccc5ccccc45)c2-3)c2cccc3ccccc23)cc1. The number of para-hydroxylation sites is 2. The summed E-state index contributed by atoms with van der Waals surface area (Å²) in [6.45, 7) is 0. The molecule has 0 N–H and O–H groups in total. The molecule has 2 aliphatic rings. The molecule has 0 fully saturated rings. The van der Waals surface area contributed by atoms with Gasteiger partial charge in [-0.1, -0.05) is 249 Å². The van der Waals surface area contributed by atoms with E-state index >= 15 is 0 Å². The van der Waals surface area contributed by atoms with Crippen LogP contribution < -0.4 is 9.80 Å². The average Bonchev–Trinajstić information content (AvgIpc) is 4.17. The Morgan fingerprint density at radius 1 is 0.308 bits per heavy atom. The maximum atomic E-state index is 2.60. The van der Waals surface area contributed by atoms with Crippen LogP contribution in [0, 0.1) is 0 Å². The van der Waals surface area contributed by atoms with Gasteiger partial charge in [0.05, 0.1) is 28.2 Å². The van der Waals surface area contributed by atoms with Crippen LogP contribution in [0.5, 0.6) is 0 Å². The van der Waals surface area contributed by atoms with Gasteiger partial charge < -0.3 is 9.80 Å². The van der Waals surface area contributed by atoms with Gasteiger partial charge in [-0.05, 0) is 133 Å². The van der Waals surface area contributed by atoms with E-state index in [-0.39, 0.29) is 5.92 Å². The molecular weight excluding hydrogens is 941 g/mol. The minimum Gasteiger partial charge on any atom is -0.309 e. The van der Waals surface area contributed by atoms with Gasteiger partial charge in [-0.25, -0.2) is 0 Å². The number of aryl methyl sites for hydroxylation is 1. The monoisotopic (exact) mass is 994 g/mol. The number of anilines is 6.